The van der Waals surface area contributed by atoms with Gasteiger partial charge in [0, 0.05) is 5.92 Å². The van der Waals surface area contributed by atoms with Gasteiger partial charge in [-0.25, -0.2) is 9.59 Å². The molecule has 1 aliphatic rings. The zero-order valence-electron chi connectivity index (χ0n) is 7.19. The predicted molar refractivity (Wildman–Crippen MR) is 43.4 cm³/mol. The van der Waals surface area contributed by atoms with Crippen LogP contribution in [0.2, 0.25) is 0 Å². The minimum absolute atomic E-state index is 0.109. The van der Waals surface area contributed by atoms with E-state index >= 15 is 0 Å². The van der Waals surface area contributed by atoms with Gasteiger partial charge in [0.2, 0.25) is 0 Å². The highest BCUT2D eigenvalue weighted by Gasteiger charge is 2.62. The smallest absolute Gasteiger partial charge is 0.329 e. The number of nitrogens with two attached hydrogens (primary N) is 1. The Balaban J connectivity index is 2.66. The van der Waals surface area contributed by atoms with Gasteiger partial charge in [-0.3, -0.25) is 4.79 Å². The lowest BCUT2D eigenvalue weighted by Crippen LogP contribution is -2.47. The number of carboxylic acids is 2. The van der Waals surface area contributed by atoms with Crippen LogP contribution < -0.4 is 11.1 Å². The summed E-state index contributed by atoms with van der Waals surface area (Å²) in [5, 5.41) is 19.3. The number of primary amides is 1. The van der Waals surface area contributed by atoms with E-state index < -0.39 is 29.4 Å². The second-order valence-electron chi connectivity index (χ2n) is 3.26. The van der Waals surface area contributed by atoms with E-state index in [0.717, 1.165) is 0 Å². The molecular formula is C7H10N2O5. The molecule has 0 spiro atoms. The summed E-state index contributed by atoms with van der Waals surface area (Å²) in [5.74, 6) is -2.92. The van der Waals surface area contributed by atoms with Crippen molar-refractivity contribution < 1.29 is 24.6 Å². The van der Waals surface area contributed by atoms with Gasteiger partial charge in [-0.2, -0.15) is 0 Å². The topological polar surface area (TPSA) is 130 Å². The molecule has 0 aliphatic heterocycles. The normalized spacial score (nSPS) is 29.3. The van der Waals surface area contributed by atoms with Gasteiger partial charge < -0.3 is 21.3 Å². The van der Waals surface area contributed by atoms with Crippen molar-refractivity contribution in [3.8, 4) is 0 Å². The largest absolute Gasteiger partial charge is 0.481 e. The van der Waals surface area contributed by atoms with Gasteiger partial charge in [0.15, 0.2) is 0 Å². The highest BCUT2D eigenvalue weighted by molar-refractivity contribution is 5.90. The summed E-state index contributed by atoms with van der Waals surface area (Å²) in [6, 6.07) is -0.958. The van der Waals surface area contributed by atoms with E-state index in [1.165, 1.54) is 0 Å². The Labute approximate surface area is 78.9 Å². The number of amides is 2. The van der Waals surface area contributed by atoms with Crippen molar-refractivity contribution in [1.82, 2.24) is 5.32 Å². The Hall–Kier alpha value is -1.79. The lowest BCUT2D eigenvalue weighted by atomic mass is 10.1. The molecule has 2 amide bonds. The molecule has 7 heteroatoms. The number of carbonyl (C=O) groups is 3. The summed E-state index contributed by atoms with van der Waals surface area (Å²) in [4.78, 5) is 31.5. The third-order valence-corrected chi connectivity index (χ3v) is 2.25. The first-order chi connectivity index (χ1) is 6.38. The van der Waals surface area contributed by atoms with E-state index in [0.29, 0.717) is 0 Å². The Morgan fingerprint density at radius 3 is 2.36 bits per heavy atom. The van der Waals surface area contributed by atoms with Crippen LogP contribution in [0.25, 0.3) is 0 Å². The summed E-state index contributed by atoms with van der Waals surface area (Å²) in [5.41, 5.74) is 3.32. The molecule has 5 N–H and O–H groups in total. The molecule has 2 atom stereocenters. The molecule has 1 fully saturated rings. The number of carbonyl (C=O) groups excluding carboxylic acids is 1. The number of aliphatic carboxylic acids is 2. The number of nitrogens with one attached hydrogen (secondary N) is 1. The fourth-order valence-corrected chi connectivity index (χ4v) is 1.48. The van der Waals surface area contributed by atoms with Gasteiger partial charge >= 0.3 is 18.0 Å². The molecule has 78 valence electrons. The molecule has 0 saturated heterocycles. The lowest BCUT2D eigenvalue weighted by molar-refractivity contribution is -0.141. The first-order valence-corrected chi connectivity index (χ1v) is 3.91. The molecule has 1 unspecified atom stereocenters. The molecule has 0 heterocycles. The van der Waals surface area contributed by atoms with E-state index in [2.05, 4.69) is 5.32 Å². The van der Waals surface area contributed by atoms with Gasteiger partial charge in [-0.05, 0) is 6.42 Å². The SMILES string of the molecule is NC(=O)N[C@]1(C(=O)O)CC1CC(=O)O. The molecule has 1 aliphatic carbocycles. The molecule has 7 nitrogen and oxygen atoms in total. The summed E-state index contributed by atoms with van der Waals surface area (Å²) in [6.07, 6.45) is -0.176. The molecule has 0 aromatic carbocycles. The second kappa shape index (κ2) is 3.17. The van der Waals surface area contributed by atoms with Crippen molar-refractivity contribution in [3.63, 3.8) is 0 Å². The van der Waals surface area contributed by atoms with Crippen LogP contribution in [-0.4, -0.2) is 33.7 Å². The monoisotopic (exact) mass is 202 g/mol. The predicted octanol–water partition coefficient (Wildman–Crippen LogP) is -1.03. The van der Waals surface area contributed by atoms with E-state index in [9.17, 15) is 14.4 Å². The minimum atomic E-state index is -1.47. The first-order valence-electron chi connectivity index (χ1n) is 3.91. The van der Waals surface area contributed by atoms with Crippen LogP contribution in [0, 0.1) is 5.92 Å². The van der Waals surface area contributed by atoms with E-state index in [1.54, 1.807) is 0 Å². The fraction of sp³-hybridized carbons (Fsp3) is 0.571. The Morgan fingerprint density at radius 1 is 1.43 bits per heavy atom. The van der Waals surface area contributed by atoms with E-state index in [1.807, 2.05) is 0 Å². The maximum atomic E-state index is 10.7. The van der Waals surface area contributed by atoms with Crippen LogP contribution in [0.5, 0.6) is 0 Å². The van der Waals surface area contributed by atoms with Crippen molar-refractivity contribution in [2.45, 2.75) is 18.4 Å². The maximum absolute atomic E-state index is 10.7. The molecule has 1 saturated carbocycles. The zero-order valence-corrected chi connectivity index (χ0v) is 7.19. The van der Waals surface area contributed by atoms with Crippen molar-refractivity contribution in [1.29, 1.82) is 0 Å². The standard InChI is InChI=1S/C7H10N2O5/c8-6(14)9-7(5(12)13)2-3(7)1-4(10)11/h3H,1-2H2,(H,10,11)(H,12,13)(H3,8,9,14)/t3?,7-/m1/s1. The van der Waals surface area contributed by atoms with Crippen molar-refractivity contribution in [2.24, 2.45) is 11.7 Å². The Morgan fingerprint density at radius 2 is 2.00 bits per heavy atom. The third kappa shape index (κ3) is 1.76. The third-order valence-electron chi connectivity index (χ3n) is 2.25. The average molecular weight is 202 g/mol. The number of urea groups is 1. The van der Waals surface area contributed by atoms with Crippen LogP contribution in [0.3, 0.4) is 0 Å². The van der Waals surface area contributed by atoms with Crippen molar-refractivity contribution in [3.05, 3.63) is 0 Å². The fourth-order valence-electron chi connectivity index (χ4n) is 1.48. The Bertz CT molecular complexity index is 302. The Kier molecular flexibility index (Phi) is 2.33. The first kappa shape index (κ1) is 10.3. The van der Waals surface area contributed by atoms with Crippen LogP contribution in [0.15, 0.2) is 0 Å². The molecule has 0 bridgehead atoms. The highest BCUT2D eigenvalue weighted by Crippen LogP contribution is 2.46. The molecule has 14 heavy (non-hydrogen) atoms. The van der Waals surface area contributed by atoms with Gasteiger partial charge in [0.1, 0.15) is 5.54 Å². The van der Waals surface area contributed by atoms with E-state index in [-0.39, 0.29) is 12.8 Å². The molecule has 0 aromatic heterocycles. The van der Waals surface area contributed by atoms with Gasteiger partial charge in [0.25, 0.3) is 0 Å². The van der Waals surface area contributed by atoms with E-state index in [4.69, 9.17) is 15.9 Å². The van der Waals surface area contributed by atoms with Crippen molar-refractivity contribution >= 4 is 18.0 Å². The van der Waals surface area contributed by atoms with Gasteiger partial charge in [-0.1, -0.05) is 0 Å². The summed E-state index contributed by atoms with van der Waals surface area (Å²) < 4.78 is 0. The second-order valence-corrected chi connectivity index (χ2v) is 3.26. The van der Waals surface area contributed by atoms with Crippen LogP contribution in [0.4, 0.5) is 4.79 Å². The summed E-state index contributed by atoms with van der Waals surface area (Å²) in [6.45, 7) is 0. The molecular weight excluding hydrogens is 192 g/mol. The number of rotatable bonds is 4. The number of hydrogen-bond acceptors (Lipinski definition) is 3. The van der Waals surface area contributed by atoms with Crippen LogP contribution >= 0.6 is 0 Å². The van der Waals surface area contributed by atoms with Gasteiger partial charge in [0.05, 0.1) is 6.42 Å². The summed E-state index contributed by atoms with van der Waals surface area (Å²) in [7, 11) is 0. The molecule has 1 rings (SSSR count). The molecule has 0 radical (unpaired) electrons. The number of carboxylic acid groups (broad SMARTS) is 2. The van der Waals surface area contributed by atoms with Gasteiger partial charge in [-0.15, -0.1) is 0 Å². The minimum Gasteiger partial charge on any atom is -0.481 e. The van der Waals surface area contributed by atoms with Crippen LogP contribution in [-0.2, 0) is 9.59 Å². The number of hydrogen-bond donors (Lipinski definition) is 4. The summed E-state index contributed by atoms with van der Waals surface area (Å²) >= 11 is 0. The maximum Gasteiger partial charge on any atom is 0.329 e. The highest BCUT2D eigenvalue weighted by atomic mass is 16.4. The van der Waals surface area contributed by atoms with Crippen LogP contribution in [0.1, 0.15) is 12.8 Å². The molecule has 0 aromatic rings. The average Bonchev–Trinajstić information content (AvgIpc) is 2.61. The quantitative estimate of drug-likeness (QED) is 0.463. The van der Waals surface area contributed by atoms with Crippen molar-refractivity contribution in [2.75, 3.05) is 0 Å². The lowest BCUT2D eigenvalue weighted by Gasteiger charge is -2.11. The zero-order chi connectivity index (χ0) is 10.9.